The van der Waals surface area contributed by atoms with Gasteiger partial charge in [-0.2, -0.15) is 8.78 Å². The van der Waals surface area contributed by atoms with E-state index in [1.165, 1.54) is 63.8 Å². The van der Waals surface area contributed by atoms with Crippen LogP contribution in [0.5, 0.6) is 34.5 Å². The van der Waals surface area contributed by atoms with Gasteiger partial charge < -0.3 is 34.3 Å². The van der Waals surface area contributed by atoms with Gasteiger partial charge in [0.25, 0.3) is 0 Å². The molecule has 5 aromatic rings. The third-order valence-electron chi connectivity index (χ3n) is 9.15. The summed E-state index contributed by atoms with van der Waals surface area (Å²) in [6.07, 6.45) is -0.701. The van der Waals surface area contributed by atoms with Crippen LogP contribution in [-0.4, -0.2) is 45.2 Å². The first-order valence-electron chi connectivity index (χ1n) is 17.5. The van der Waals surface area contributed by atoms with E-state index < -0.39 is 71.1 Å². The van der Waals surface area contributed by atoms with E-state index in [0.717, 1.165) is 0 Å². The standard InChI is InChI=1S/C41H32F5N5O8/c1-55-26-16-23(19-48-51-47)32(30(18-26)57-3)27-17-22(9-12-29(27)56-2)38-40(53)49-28(41(54)59-39-36(45)34(43)33(42)35(44)37(39)46)14-20-7-10-24(11-8-20)58-25-6-4-5-21(13-25)15-31(52)50-38/h4-13,16-18,28,38H,14-15,19H2,1-3H3,(H,49,53)(H,50,52)/t28-,38+/m0/s1. The topological polar surface area (TPSA) is 170 Å². The Balaban J connectivity index is 1.48. The van der Waals surface area contributed by atoms with Crippen molar-refractivity contribution in [1.29, 1.82) is 0 Å². The first-order chi connectivity index (χ1) is 28.3. The van der Waals surface area contributed by atoms with Gasteiger partial charge in [-0.25, -0.2) is 18.0 Å². The lowest BCUT2D eigenvalue weighted by Crippen LogP contribution is -2.49. The lowest BCUT2D eigenvalue weighted by atomic mass is 9.93. The molecule has 0 unspecified atom stereocenters. The van der Waals surface area contributed by atoms with Gasteiger partial charge in [0.05, 0.1) is 34.3 Å². The molecule has 0 saturated carbocycles. The van der Waals surface area contributed by atoms with Crippen LogP contribution in [0.4, 0.5) is 22.0 Å². The minimum atomic E-state index is -2.47. The Bertz CT molecular complexity index is 2470. The predicted octanol–water partition coefficient (Wildman–Crippen LogP) is 7.72. The van der Waals surface area contributed by atoms with E-state index in [9.17, 15) is 36.3 Å². The van der Waals surface area contributed by atoms with Gasteiger partial charge in [-0.15, -0.1) is 0 Å². The fourth-order valence-electron chi connectivity index (χ4n) is 6.34. The summed E-state index contributed by atoms with van der Waals surface area (Å²) in [4.78, 5) is 44.7. The second kappa shape index (κ2) is 17.9. The second-order valence-electron chi connectivity index (χ2n) is 12.9. The highest BCUT2D eigenvalue weighted by atomic mass is 19.2. The van der Waals surface area contributed by atoms with Crippen molar-refractivity contribution in [3.63, 3.8) is 0 Å². The lowest BCUT2D eigenvalue weighted by molar-refractivity contribution is -0.140. The summed E-state index contributed by atoms with van der Waals surface area (Å²) in [7, 11) is 4.20. The number of esters is 1. The Morgan fingerprint density at radius 1 is 0.797 bits per heavy atom. The molecule has 13 nitrogen and oxygen atoms in total. The number of benzene rings is 5. The van der Waals surface area contributed by atoms with E-state index in [-0.39, 0.29) is 30.0 Å². The number of azide groups is 1. The Hall–Kier alpha value is -7.33. The molecule has 0 fully saturated rings. The number of rotatable bonds is 9. The summed E-state index contributed by atoms with van der Waals surface area (Å²) in [6, 6.07) is 16.8. The maximum Gasteiger partial charge on any atom is 0.334 e. The van der Waals surface area contributed by atoms with Crippen molar-refractivity contribution in [3.05, 3.63) is 141 Å². The van der Waals surface area contributed by atoms with Gasteiger partial charge >= 0.3 is 5.97 Å². The van der Waals surface area contributed by atoms with Crippen molar-refractivity contribution in [2.45, 2.75) is 31.5 Å². The zero-order valence-electron chi connectivity index (χ0n) is 31.3. The minimum absolute atomic E-state index is 0.105. The molecule has 59 heavy (non-hydrogen) atoms. The van der Waals surface area contributed by atoms with Gasteiger partial charge in [-0.3, -0.25) is 9.59 Å². The molecule has 7 rings (SSSR count). The maximum atomic E-state index is 14.7. The summed E-state index contributed by atoms with van der Waals surface area (Å²) in [5.41, 5.74) is 11.2. The lowest BCUT2D eigenvalue weighted by Gasteiger charge is -2.25. The van der Waals surface area contributed by atoms with Gasteiger partial charge in [0.2, 0.25) is 46.6 Å². The molecule has 5 aromatic carbocycles. The summed E-state index contributed by atoms with van der Waals surface area (Å²) in [6.45, 7) is -0.177. The van der Waals surface area contributed by atoms with E-state index in [4.69, 9.17) is 29.2 Å². The quantitative estimate of drug-likeness (QED) is 0.0223. The maximum absolute atomic E-state index is 14.7. The van der Waals surface area contributed by atoms with Crippen LogP contribution in [0.15, 0.2) is 84.0 Å². The zero-order chi connectivity index (χ0) is 42.4. The first kappa shape index (κ1) is 41.3. The van der Waals surface area contributed by atoms with E-state index in [2.05, 4.69) is 20.7 Å². The third-order valence-corrected chi connectivity index (χ3v) is 9.15. The first-order valence-corrected chi connectivity index (χ1v) is 17.5. The normalized spacial score (nSPS) is 15.3. The van der Waals surface area contributed by atoms with Gasteiger partial charge in [0, 0.05) is 28.5 Å². The molecule has 0 aliphatic carbocycles. The second-order valence-corrected chi connectivity index (χ2v) is 12.9. The Morgan fingerprint density at radius 3 is 2.15 bits per heavy atom. The average Bonchev–Trinajstić information content (AvgIpc) is 3.24. The number of hydrogen-bond acceptors (Lipinski definition) is 9. The molecule has 0 radical (unpaired) electrons. The molecule has 2 N–H and O–H groups in total. The number of ether oxygens (including phenoxy) is 5. The largest absolute Gasteiger partial charge is 0.497 e. The van der Waals surface area contributed by atoms with Crippen molar-refractivity contribution < 1.29 is 60.0 Å². The number of nitrogens with one attached hydrogen (secondary N) is 2. The Kier molecular flexibility index (Phi) is 12.5. The van der Waals surface area contributed by atoms with Crippen molar-refractivity contribution in [2.75, 3.05) is 21.3 Å². The highest BCUT2D eigenvalue weighted by molar-refractivity contribution is 5.93. The number of carbonyl (C=O) groups is 3. The summed E-state index contributed by atoms with van der Waals surface area (Å²) < 4.78 is 98.8. The number of fused-ring (bicyclic) bond motifs is 9. The molecule has 0 spiro atoms. The van der Waals surface area contributed by atoms with Gasteiger partial charge in [-0.1, -0.05) is 35.4 Å². The van der Waals surface area contributed by atoms with Crippen molar-refractivity contribution in [3.8, 4) is 45.6 Å². The monoisotopic (exact) mass is 817 g/mol. The minimum Gasteiger partial charge on any atom is -0.497 e. The van der Waals surface area contributed by atoms with Crippen LogP contribution >= 0.6 is 0 Å². The molecule has 18 heteroatoms. The summed E-state index contributed by atoms with van der Waals surface area (Å²) in [5, 5.41) is 8.79. The molecule has 2 atom stereocenters. The number of carbonyl (C=O) groups excluding carboxylic acids is 3. The van der Waals surface area contributed by atoms with Crippen LogP contribution in [0.3, 0.4) is 0 Å². The van der Waals surface area contributed by atoms with Gasteiger partial charge in [0.1, 0.15) is 40.8 Å². The Morgan fingerprint density at radius 2 is 1.49 bits per heavy atom. The summed E-state index contributed by atoms with van der Waals surface area (Å²) in [5.74, 6) is -15.6. The highest BCUT2D eigenvalue weighted by Crippen LogP contribution is 2.43. The van der Waals surface area contributed by atoms with E-state index >= 15 is 0 Å². The number of nitrogens with zero attached hydrogens (tertiary/aromatic N) is 3. The smallest absolute Gasteiger partial charge is 0.334 e. The van der Waals surface area contributed by atoms with E-state index in [0.29, 0.717) is 45.1 Å². The van der Waals surface area contributed by atoms with Crippen molar-refractivity contribution >= 4 is 17.8 Å². The van der Waals surface area contributed by atoms with E-state index in [1.807, 2.05) is 0 Å². The van der Waals surface area contributed by atoms with Crippen LogP contribution in [0.25, 0.3) is 21.6 Å². The van der Waals surface area contributed by atoms with Crippen molar-refractivity contribution in [1.82, 2.24) is 10.6 Å². The molecule has 304 valence electrons. The van der Waals surface area contributed by atoms with Crippen LogP contribution < -0.4 is 34.3 Å². The molecule has 0 saturated heterocycles. The third kappa shape index (κ3) is 8.97. The number of halogens is 5. The highest BCUT2D eigenvalue weighted by Gasteiger charge is 2.34. The van der Waals surface area contributed by atoms with Crippen LogP contribution in [0.1, 0.15) is 28.3 Å². The van der Waals surface area contributed by atoms with Crippen LogP contribution in [0.2, 0.25) is 0 Å². The summed E-state index contributed by atoms with van der Waals surface area (Å²) >= 11 is 0. The van der Waals surface area contributed by atoms with Crippen LogP contribution in [-0.2, 0) is 33.8 Å². The Labute approximate surface area is 332 Å². The molecule has 0 aromatic heterocycles. The molecular weight excluding hydrogens is 785 g/mol. The fraction of sp³-hybridized carbons (Fsp3) is 0.195. The zero-order valence-corrected chi connectivity index (χ0v) is 31.3. The van der Waals surface area contributed by atoms with Gasteiger partial charge in [-0.05, 0) is 70.2 Å². The molecule has 2 aliphatic rings. The predicted molar refractivity (Wildman–Crippen MR) is 199 cm³/mol. The van der Waals surface area contributed by atoms with Crippen LogP contribution in [0, 0.1) is 29.1 Å². The molecule has 4 bridgehead atoms. The number of methoxy groups -OCH3 is 3. The van der Waals surface area contributed by atoms with E-state index in [1.54, 1.807) is 36.4 Å². The molecule has 2 aliphatic heterocycles. The number of amides is 2. The van der Waals surface area contributed by atoms with Crippen molar-refractivity contribution in [2.24, 2.45) is 5.11 Å². The molecular formula is C41H32F5N5O8. The molecule has 2 heterocycles. The SMILES string of the molecule is COc1cc(CN=[N+]=[N-])c(-c2cc([C@H]3NC(=O)Cc4cccc(c4)Oc4ccc(cc4)C[C@@H](C(=O)Oc4c(F)c(F)c(F)c(F)c4F)NC3=O)ccc2OC)c(OC)c1. The number of hydrogen-bond donors (Lipinski definition) is 2. The molecule has 2 amide bonds. The average molecular weight is 818 g/mol. The van der Waals surface area contributed by atoms with Gasteiger partial charge in [0.15, 0.2) is 0 Å². The fourth-order valence-corrected chi connectivity index (χ4v) is 6.34.